The van der Waals surface area contributed by atoms with Gasteiger partial charge < -0.3 is 38.8 Å². The third-order valence-electron chi connectivity index (χ3n) is 17.1. The fourth-order valence-electron chi connectivity index (χ4n) is 14.5. The molecule has 2 spiro atoms. The van der Waals surface area contributed by atoms with E-state index in [9.17, 15) is 10.2 Å². The van der Waals surface area contributed by atoms with E-state index >= 15 is 0 Å². The fraction of sp³-hybridized carbons (Fsp3) is 1.00. The number of nitrogens with zero attached hydrogens (tertiary/aromatic N) is 2. The Morgan fingerprint density at radius 1 is 1.02 bits per heavy atom. The fourth-order valence-corrected chi connectivity index (χ4v) is 14.5. The number of hydrogen-bond acceptors (Lipinski definition) is 9. The number of morpholine rings is 1. The predicted molar refractivity (Wildman–Crippen MR) is 198 cm³/mol. The lowest BCUT2D eigenvalue weighted by Gasteiger charge is -2.64. The molecule has 3 unspecified atom stereocenters. The Kier molecular flexibility index (Phi) is 10.4. The molecule has 9 heteroatoms. The first-order chi connectivity index (χ1) is 24.0. The molecule has 2 aliphatic heterocycles. The molecule has 5 aliphatic carbocycles. The van der Waals surface area contributed by atoms with Crippen LogP contribution in [-0.2, 0) is 23.7 Å². The van der Waals surface area contributed by atoms with Gasteiger partial charge in [0, 0.05) is 51.9 Å². The minimum Gasteiger partial charge on any atom is -0.390 e. The van der Waals surface area contributed by atoms with Gasteiger partial charge in [-0.05, 0) is 125 Å². The largest absolute Gasteiger partial charge is 0.390 e. The van der Waals surface area contributed by atoms with Crippen LogP contribution in [0.4, 0.5) is 0 Å². The average molecular weight is 719 g/mol. The summed E-state index contributed by atoms with van der Waals surface area (Å²) in [6, 6.07) is 0. The molecule has 7 rings (SSSR count). The van der Waals surface area contributed by atoms with E-state index in [2.05, 4.69) is 51.5 Å². The Labute approximate surface area is 309 Å². The lowest BCUT2D eigenvalue weighted by Crippen LogP contribution is -2.60. The Bertz CT molecular complexity index is 1240. The van der Waals surface area contributed by atoms with Crippen molar-refractivity contribution in [1.82, 2.24) is 9.80 Å². The van der Waals surface area contributed by atoms with Gasteiger partial charge in [-0.1, -0.05) is 34.6 Å². The topological polar surface area (TPSA) is 93.1 Å². The van der Waals surface area contributed by atoms with Gasteiger partial charge in [-0.2, -0.15) is 0 Å². The van der Waals surface area contributed by atoms with Gasteiger partial charge in [-0.15, -0.1) is 0 Å². The Morgan fingerprint density at radius 3 is 2.45 bits per heavy atom. The third-order valence-corrected chi connectivity index (χ3v) is 17.1. The summed E-state index contributed by atoms with van der Waals surface area (Å²) >= 11 is 0. The van der Waals surface area contributed by atoms with Crippen molar-refractivity contribution in [2.45, 2.75) is 149 Å². The van der Waals surface area contributed by atoms with Gasteiger partial charge in [0.25, 0.3) is 0 Å². The van der Waals surface area contributed by atoms with E-state index < -0.39 is 17.8 Å². The van der Waals surface area contributed by atoms with Crippen molar-refractivity contribution in [2.75, 3.05) is 66.7 Å². The third kappa shape index (κ3) is 5.95. The number of rotatable bonds is 12. The first kappa shape index (κ1) is 38.9. The first-order valence-corrected chi connectivity index (χ1v) is 20.8. The lowest BCUT2D eigenvalue weighted by molar-refractivity contribution is -0.249. The maximum absolute atomic E-state index is 12.6. The Hall–Kier alpha value is -0.360. The Balaban J connectivity index is 1.05. The van der Waals surface area contributed by atoms with Crippen molar-refractivity contribution >= 4 is 0 Å². The van der Waals surface area contributed by atoms with E-state index in [1.807, 2.05) is 20.8 Å². The second kappa shape index (κ2) is 13.7. The molecule has 0 radical (unpaired) electrons. The smallest absolute Gasteiger partial charge is 0.170 e. The molecule has 51 heavy (non-hydrogen) atoms. The van der Waals surface area contributed by atoms with Crippen molar-refractivity contribution in [3.63, 3.8) is 0 Å². The number of fused-ring (bicyclic) bond motifs is 4. The predicted octanol–water partition coefficient (Wildman–Crippen LogP) is 5.60. The van der Waals surface area contributed by atoms with Crippen molar-refractivity contribution < 1.29 is 33.9 Å². The van der Waals surface area contributed by atoms with Crippen molar-refractivity contribution in [1.29, 1.82) is 0 Å². The molecule has 5 saturated carbocycles. The number of likely N-dealkylation sites (N-methyl/N-ethyl adjacent to an activating group) is 1. The second-order valence-corrected chi connectivity index (χ2v) is 20.1. The highest BCUT2D eigenvalue weighted by atomic mass is 16.7. The standard InChI is InChI=1S/C42H74N2O7/c1-11-48-36(38(5,6)46)28-24-27(2)33-34(50-28)35(45)40(8)30-13-12-29-37(3,4)31(14-15-41(29)26-42(30,41)17-16-39(33,40)7)51-32-25-44(21-23-49-32)19-18-43(9)20-22-47-10/h27-36,45-46H,11-26H2,1-10H3/t27-,28?,29+,30?,31+,32+,33+,34?,35+,36+,39-,40-,41-,42+/m1/s1. The molecular weight excluding hydrogens is 644 g/mol. The van der Waals surface area contributed by atoms with Gasteiger partial charge in [-0.3, -0.25) is 4.90 Å². The van der Waals surface area contributed by atoms with E-state index in [4.69, 9.17) is 23.7 Å². The van der Waals surface area contributed by atoms with E-state index in [1.54, 1.807) is 7.11 Å². The van der Waals surface area contributed by atoms with Crippen LogP contribution < -0.4 is 0 Å². The van der Waals surface area contributed by atoms with Gasteiger partial charge in [0.05, 0.1) is 43.2 Å². The summed E-state index contributed by atoms with van der Waals surface area (Å²) < 4.78 is 31.6. The molecule has 294 valence electrons. The zero-order chi connectivity index (χ0) is 36.8. The van der Waals surface area contributed by atoms with Crippen molar-refractivity contribution in [3.05, 3.63) is 0 Å². The zero-order valence-electron chi connectivity index (χ0n) is 33.9. The molecule has 0 aromatic heterocycles. The van der Waals surface area contributed by atoms with Crippen LogP contribution in [0.1, 0.15) is 107 Å². The molecule has 7 aliphatic rings. The van der Waals surface area contributed by atoms with Gasteiger partial charge in [-0.25, -0.2) is 0 Å². The summed E-state index contributed by atoms with van der Waals surface area (Å²) in [4.78, 5) is 4.85. The molecule has 7 fully saturated rings. The van der Waals surface area contributed by atoms with Gasteiger partial charge >= 0.3 is 0 Å². The molecule has 0 bridgehead atoms. The Morgan fingerprint density at radius 2 is 1.75 bits per heavy atom. The highest BCUT2D eigenvalue weighted by molar-refractivity contribution is 5.33. The maximum atomic E-state index is 12.6. The summed E-state index contributed by atoms with van der Waals surface area (Å²) in [5.41, 5.74) is -0.486. The quantitative estimate of drug-likeness (QED) is 0.268. The summed E-state index contributed by atoms with van der Waals surface area (Å²) in [6.07, 6.45) is 7.99. The number of methoxy groups -OCH3 is 1. The molecule has 0 aromatic rings. The van der Waals surface area contributed by atoms with Gasteiger partial charge in [0.15, 0.2) is 6.29 Å². The highest BCUT2D eigenvalue weighted by Gasteiger charge is 2.84. The van der Waals surface area contributed by atoms with Crippen LogP contribution in [0, 0.1) is 50.7 Å². The molecule has 14 atom stereocenters. The molecular formula is C42H74N2O7. The van der Waals surface area contributed by atoms with E-state index in [-0.39, 0.29) is 40.8 Å². The van der Waals surface area contributed by atoms with Crippen molar-refractivity contribution in [2.24, 2.45) is 50.7 Å². The van der Waals surface area contributed by atoms with Crippen LogP contribution in [-0.4, -0.2) is 129 Å². The summed E-state index contributed by atoms with van der Waals surface area (Å²) in [7, 11) is 3.93. The second-order valence-electron chi connectivity index (χ2n) is 20.1. The summed E-state index contributed by atoms with van der Waals surface area (Å²) in [5, 5.41) is 23.7. The minimum atomic E-state index is -1.01. The van der Waals surface area contributed by atoms with Crippen LogP contribution in [0.2, 0.25) is 0 Å². The summed E-state index contributed by atoms with van der Waals surface area (Å²) in [5.74, 6) is 1.82. The highest BCUT2D eigenvalue weighted by Crippen LogP contribution is 2.89. The number of ether oxygens (including phenoxy) is 5. The lowest BCUT2D eigenvalue weighted by atomic mass is 9.41. The maximum Gasteiger partial charge on any atom is 0.170 e. The summed E-state index contributed by atoms with van der Waals surface area (Å²) in [6.45, 7) is 24.8. The molecule has 9 nitrogen and oxygen atoms in total. The first-order valence-electron chi connectivity index (χ1n) is 20.8. The van der Waals surface area contributed by atoms with Crippen LogP contribution in [0.5, 0.6) is 0 Å². The average Bonchev–Trinajstić information content (AvgIpc) is 3.71. The van der Waals surface area contributed by atoms with E-state index in [0.29, 0.717) is 41.1 Å². The van der Waals surface area contributed by atoms with Crippen LogP contribution >= 0.6 is 0 Å². The van der Waals surface area contributed by atoms with Crippen LogP contribution in [0.25, 0.3) is 0 Å². The normalized spacial score (nSPS) is 48.3. The van der Waals surface area contributed by atoms with Gasteiger partial charge in [0.1, 0.15) is 6.10 Å². The van der Waals surface area contributed by atoms with Gasteiger partial charge in [0.2, 0.25) is 0 Å². The van der Waals surface area contributed by atoms with Crippen LogP contribution in [0.3, 0.4) is 0 Å². The molecule has 0 amide bonds. The van der Waals surface area contributed by atoms with E-state index in [1.165, 1.54) is 32.1 Å². The molecule has 2 heterocycles. The van der Waals surface area contributed by atoms with Crippen LogP contribution in [0.15, 0.2) is 0 Å². The SMILES string of the molecule is CCO[C@@H](C1C[C@@H](C)[C@H]2C(O1)[C@H](O)[C@@]1(C)C3CC[C@H]4C(C)(C)[C@@H](O[C@H]5CN(CCN(C)CCOC)CCO5)CC[C@@]45C[C@@]35CC[C@]21C)C(C)(C)O. The number of aliphatic hydroxyl groups excluding tert-OH is 1. The number of hydrogen-bond donors (Lipinski definition) is 2. The molecule has 2 saturated heterocycles. The monoisotopic (exact) mass is 719 g/mol. The van der Waals surface area contributed by atoms with E-state index in [0.717, 1.165) is 65.2 Å². The zero-order valence-corrected chi connectivity index (χ0v) is 33.9. The minimum absolute atomic E-state index is 0.0163. The molecule has 0 aromatic carbocycles. The van der Waals surface area contributed by atoms with Crippen molar-refractivity contribution in [3.8, 4) is 0 Å². The number of aliphatic hydroxyl groups is 2. The molecule has 2 N–H and O–H groups in total.